The number of rotatable bonds is 3. The van der Waals surface area contributed by atoms with Gasteiger partial charge in [0.1, 0.15) is 5.71 Å². The molecule has 1 aliphatic rings. The maximum absolute atomic E-state index is 11.5. The molecule has 1 aromatic carbocycles. The van der Waals surface area contributed by atoms with Crippen molar-refractivity contribution in [3.8, 4) is 0 Å². The van der Waals surface area contributed by atoms with E-state index >= 15 is 0 Å². The van der Waals surface area contributed by atoms with E-state index in [1.807, 2.05) is 6.92 Å². The van der Waals surface area contributed by atoms with Gasteiger partial charge in [0.2, 0.25) is 0 Å². The van der Waals surface area contributed by atoms with Crippen LogP contribution in [0.4, 0.5) is 0 Å². The average molecular weight is 232 g/mol. The van der Waals surface area contributed by atoms with Gasteiger partial charge in [-0.2, -0.15) is 5.10 Å². The third kappa shape index (κ3) is 2.64. The number of benzene rings is 1. The zero-order valence-corrected chi connectivity index (χ0v) is 10.1. The number of nitrogens with zero attached hydrogens (tertiary/aromatic N) is 1. The third-order valence-corrected chi connectivity index (χ3v) is 2.74. The molecule has 0 aromatic heterocycles. The van der Waals surface area contributed by atoms with Crippen LogP contribution in [0.5, 0.6) is 0 Å². The fourth-order valence-corrected chi connectivity index (χ4v) is 1.77. The Morgan fingerprint density at radius 3 is 2.82 bits per heavy atom. The summed E-state index contributed by atoms with van der Waals surface area (Å²) in [4.78, 5) is 11.5. The van der Waals surface area contributed by atoms with Gasteiger partial charge in [-0.25, -0.2) is 4.79 Å². The second-order valence-electron chi connectivity index (χ2n) is 4.08. The lowest BCUT2D eigenvalue weighted by molar-refractivity contribution is -0.135. The van der Waals surface area contributed by atoms with Crippen LogP contribution in [-0.4, -0.2) is 18.3 Å². The van der Waals surface area contributed by atoms with Crippen molar-refractivity contribution in [2.24, 2.45) is 5.10 Å². The number of hydrogen-bond acceptors (Lipinski definition) is 4. The number of hydrazone groups is 1. The fourth-order valence-electron chi connectivity index (χ4n) is 1.77. The molecule has 1 aliphatic heterocycles. The Kier molecular flexibility index (Phi) is 3.42. The van der Waals surface area contributed by atoms with Gasteiger partial charge in [-0.05, 0) is 19.4 Å². The van der Waals surface area contributed by atoms with Gasteiger partial charge in [0.05, 0.1) is 12.6 Å². The highest BCUT2D eigenvalue weighted by molar-refractivity contribution is 6.36. The lowest BCUT2D eigenvalue weighted by Crippen LogP contribution is -2.16. The van der Waals surface area contributed by atoms with Gasteiger partial charge in [-0.15, -0.1) is 0 Å². The third-order valence-electron chi connectivity index (χ3n) is 2.74. The number of hydrogen-bond donors (Lipinski definition) is 1. The van der Waals surface area contributed by atoms with Crippen molar-refractivity contribution in [3.05, 3.63) is 35.4 Å². The number of ether oxygens (including phenoxy) is 1. The summed E-state index contributed by atoms with van der Waals surface area (Å²) < 4.78 is 4.92. The second kappa shape index (κ2) is 4.99. The van der Waals surface area contributed by atoms with Gasteiger partial charge >= 0.3 is 5.97 Å². The minimum atomic E-state index is -0.324. The monoisotopic (exact) mass is 232 g/mol. The normalized spacial score (nSPS) is 18.5. The van der Waals surface area contributed by atoms with Gasteiger partial charge in [0.15, 0.2) is 0 Å². The van der Waals surface area contributed by atoms with Crippen molar-refractivity contribution in [3.63, 3.8) is 0 Å². The van der Waals surface area contributed by atoms with E-state index in [1.165, 1.54) is 5.56 Å². The summed E-state index contributed by atoms with van der Waals surface area (Å²) in [6.07, 6.45) is 0.585. The number of carbonyl (C=O) groups excluding carboxylic acids is 1. The van der Waals surface area contributed by atoms with Crippen molar-refractivity contribution in [2.45, 2.75) is 26.3 Å². The van der Waals surface area contributed by atoms with Crippen LogP contribution in [0, 0.1) is 6.92 Å². The second-order valence-corrected chi connectivity index (χ2v) is 4.08. The van der Waals surface area contributed by atoms with Crippen LogP contribution in [0.2, 0.25) is 0 Å². The predicted octanol–water partition coefficient (Wildman–Crippen LogP) is 1.95. The van der Waals surface area contributed by atoms with E-state index in [0.717, 1.165) is 5.56 Å². The zero-order valence-electron chi connectivity index (χ0n) is 10.1. The summed E-state index contributed by atoms with van der Waals surface area (Å²) in [5.74, 6) is -0.324. The smallest absolute Gasteiger partial charge is 0.354 e. The number of carbonyl (C=O) groups is 1. The minimum absolute atomic E-state index is 0.0787. The standard InChI is InChI=1S/C13H16N2O2/c1-3-17-13(16)12-8-11(14-15-12)10-6-4-9(2)5-7-10/h4-7,11,14H,3,8H2,1-2H3/t11-/m1/s1. The summed E-state index contributed by atoms with van der Waals surface area (Å²) >= 11 is 0. The number of esters is 1. The Morgan fingerprint density at radius 2 is 2.18 bits per heavy atom. The lowest BCUT2D eigenvalue weighted by atomic mass is 10.0. The molecule has 1 heterocycles. The summed E-state index contributed by atoms with van der Waals surface area (Å²) in [6.45, 7) is 4.22. The molecule has 1 aromatic rings. The van der Waals surface area contributed by atoms with E-state index in [-0.39, 0.29) is 12.0 Å². The van der Waals surface area contributed by atoms with E-state index in [4.69, 9.17) is 4.74 Å². The molecule has 0 fully saturated rings. The highest BCUT2D eigenvalue weighted by Crippen LogP contribution is 2.22. The highest BCUT2D eigenvalue weighted by atomic mass is 16.5. The molecule has 0 bridgehead atoms. The molecule has 90 valence electrons. The van der Waals surface area contributed by atoms with Crippen molar-refractivity contribution in [2.75, 3.05) is 6.61 Å². The maximum atomic E-state index is 11.5. The SMILES string of the molecule is CCOC(=O)C1=NN[C@@H](c2ccc(C)cc2)C1. The van der Waals surface area contributed by atoms with Crippen molar-refractivity contribution in [1.29, 1.82) is 0 Å². The first-order valence-corrected chi connectivity index (χ1v) is 5.76. The largest absolute Gasteiger partial charge is 0.461 e. The predicted molar refractivity (Wildman–Crippen MR) is 65.7 cm³/mol. The summed E-state index contributed by atoms with van der Waals surface area (Å²) in [6, 6.07) is 8.29. The van der Waals surface area contributed by atoms with Crippen LogP contribution in [0.15, 0.2) is 29.4 Å². The Labute approximate surface area is 101 Å². The van der Waals surface area contributed by atoms with E-state index in [1.54, 1.807) is 6.92 Å². The average Bonchev–Trinajstić information content (AvgIpc) is 2.80. The molecule has 1 atom stereocenters. The molecule has 17 heavy (non-hydrogen) atoms. The van der Waals surface area contributed by atoms with Crippen molar-refractivity contribution >= 4 is 11.7 Å². The maximum Gasteiger partial charge on any atom is 0.354 e. The fraction of sp³-hybridized carbons (Fsp3) is 0.385. The Balaban J connectivity index is 2.00. The molecule has 0 amide bonds. The van der Waals surface area contributed by atoms with Gasteiger partial charge < -0.3 is 10.2 Å². The van der Waals surface area contributed by atoms with Gasteiger partial charge in [-0.3, -0.25) is 0 Å². The molecule has 1 N–H and O–H groups in total. The van der Waals surface area contributed by atoms with Crippen molar-refractivity contribution in [1.82, 2.24) is 5.43 Å². The topological polar surface area (TPSA) is 50.7 Å². The molecule has 0 radical (unpaired) electrons. The zero-order chi connectivity index (χ0) is 12.3. The minimum Gasteiger partial charge on any atom is -0.461 e. The van der Waals surface area contributed by atoms with Crippen LogP contribution in [0.3, 0.4) is 0 Å². The quantitative estimate of drug-likeness (QED) is 0.810. The molecule has 4 heteroatoms. The lowest BCUT2D eigenvalue weighted by Gasteiger charge is -2.09. The van der Waals surface area contributed by atoms with Crippen LogP contribution < -0.4 is 5.43 Å². The van der Waals surface area contributed by atoms with Gasteiger partial charge in [0.25, 0.3) is 0 Å². The number of nitrogens with one attached hydrogen (secondary N) is 1. The Morgan fingerprint density at radius 1 is 1.47 bits per heavy atom. The Hall–Kier alpha value is -1.84. The summed E-state index contributed by atoms with van der Waals surface area (Å²) in [5, 5.41) is 4.03. The highest BCUT2D eigenvalue weighted by Gasteiger charge is 2.25. The molecular formula is C13H16N2O2. The summed E-state index contributed by atoms with van der Waals surface area (Å²) in [5.41, 5.74) is 5.80. The summed E-state index contributed by atoms with van der Waals surface area (Å²) in [7, 11) is 0. The molecule has 0 saturated heterocycles. The Bertz CT molecular complexity index is 437. The molecular weight excluding hydrogens is 216 g/mol. The first-order valence-electron chi connectivity index (χ1n) is 5.76. The first kappa shape index (κ1) is 11.6. The van der Waals surface area contributed by atoms with E-state index in [9.17, 15) is 4.79 Å². The van der Waals surface area contributed by atoms with Gasteiger partial charge in [0, 0.05) is 6.42 Å². The molecule has 0 aliphatic carbocycles. The van der Waals surface area contributed by atoms with Gasteiger partial charge in [-0.1, -0.05) is 29.8 Å². The van der Waals surface area contributed by atoms with Crippen LogP contribution in [-0.2, 0) is 9.53 Å². The van der Waals surface area contributed by atoms with E-state index < -0.39 is 0 Å². The van der Waals surface area contributed by atoms with Crippen LogP contribution in [0.1, 0.15) is 30.5 Å². The molecule has 2 rings (SSSR count). The molecule has 4 nitrogen and oxygen atoms in total. The number of aryl methyl sites for hydroxylation is 1. The molecule has 0 unspecified atom stereocenters. The van der Waals surface area contributed by atoms with Crippen molar-refractivity contribution < 1.29 is 9.53 Å². The first-order chi connectivity index (χ1) is 8.20. The van der Waals surface area contributed by atoms with E-state index in [2.05, 4.69) is 34.8 Å². The van der Waals surface area contributed by atoms with Crippen LogP contribution >= 0.6 is 0 Å². The molecule has 0 saturated carbocycles. The van der Waals surface area contributed by atoms with Crippen LogP contribution in [0.25, 0.3) is 0 Å². The van der Waals surface area contributed by atoms with E-state index in [0.29, 0.717) is 18.7 Å². The molecule has 0 spiro atoms.